The van der Waals surface area contributed by atoms with Gasteiger partial charge in [0.05, 0.1) is 25.9 Å². The molecule has 0 amide bonds. The maximum atomic E-state index is 14.1. The maximum absolute atomic E-state index is 14.1. The lowest BCUT2D eigenvalue weighted by molar-refractivity contribution is -0.405. The molecule has 0 radical (unpaired) electrons. The normalized spacial score (nSPS) is 51.1. The van der Waals surface area contributed by atoms with Crippen LogP contribution in [0.25, 0.3) is 0 Å². The van der Waals surface area contributed by atoms with Gasteiger partial charge in [0.25, 0.3) is 0 Å². The molecule has 4 saturated heterocycles. The number of aliphatic hydroxyl groups excluding tert-OH is 14. The fourth-order valence-corrected chi connectivity index (χ4v) is 13.6. The molecule has 8 aliphatic rings. The molecule has 29 atom stereocenters. The van der Waals surface area contributed by atoms with Gasteiger partial charge in [0, 0.05) is 24.7 Å². The van der Waals surface area contributed by atoms with E-state index in [-0.39, 0.29) is 53.7 Å². The molecule has 3 saturated carbocycles. The molecule has 4 aliphatic heterocycles. The van der Waals surface area contributed by atoms with Gasteiger partial charge in [0.15, 0.2) is 37.7 Å². The second-order valence-electron chi connectivity index (χ2n) is 22.5. The highest BCUT2D eigenvalue weighted by Gasteiger charge is 2.63. The third-order valence-electron chi connectivity index (χ3n) is 18.1. The number of fused-ring (bicyclic) bond motifs is 5. The minimum Gasteiger partial charge on any atom is -0.394 e. The van der Waals surface area contributed by atoms with Crippen molar-refractivity contribution in [3.05, 3.63) is 11.6 Å². The Balaban J connectivity index is 0.916. The van der Waals surface area contributed by atoms with E-state index in [0.29, 0.717) is 38.5 Å². The summed E-state index contributed by atoms with van der Waals surface area (Å²) in [6.45, 7) is 6.79. The first-order valence-electron chi connectivity index (χ1n) is 25.8. The largest absolute Gasteiger partial charge is 0.394 e. The smallest absolute Gasteiger partial charge is 0.189 e. The predicted molar refractivity (Wildman–Crippen MR) is 242 cm³/mol. The summed E-state index contributed by atoms with van der Waals surface area (Å²) >= 11 is 0. The van der Waals surface area contributed by atoms with Gasteiger partial charge in [-0.3, -0.25) is 9.59 Å². The highest BCUT2D eigenvalue weighted by atomic mass is 16.8. The molecule has 0 bridgehead atoms. The summed E-state index contributed by atoms with van der Waals surface area (Å²) in [4.78, 5) is 28.0. The van der Waals surface area contributed by atoms with E-state index < -0.39 is 160 Å². The Bertz CT molecular complexity index is 1930. The Kier molecular flexibility index (Phi) is 18.0. The monoisotopic (exact) mass is 1050 g/mol. The molecule has 0 aromatic heterocycles. The van der Waals surface area contributed by atoms with Gasteiger partial charge in [-0.1, -0.05) is 39.3 Å². The first-order chi connectivity index (χ1) is 34.4. The molecule has 0 aromatic rings. The van der Waals surface area contributed by atoms with Crippen LogP contribution in [0.1, 0.15) is 85.5 Å². The van der Waals surface area contributed by atoms with E-state index in [1.165, 1.54) is 0 Å². The average molecular weight is 1050 g/mol. The van der Waals surface area contributed by atoms with E-state index in [1.807, 2.05) is 13.8 Å². The zero-order chi connectivity index (χ0) is 53.2. The summed E-state index contributed by atoms with van der Waals surface area (Å²) in [6.07, 6.45) is -28.2. The zero-order valence-corrected chi connectivity index (χ0v) is 41.5. The van der Waals surface area contributed by atoms with Crippen LogP contribution in [-0.2, 0) is 47.5 Å². The third-order valence-corrected chi connectivity index (χ3v) is 18.1. The highest BCUT2D eigenvalue weighted by Crippen LogP contribution is 2.66. The van der Waals surface area contributed by atoms with Crippen molar-refractivity contribution in [2.24, 2.45) is 46.3 Å². The van der Waals surface area contributed by atoms with Crippen LogP contribution in [0.2, 0.25) is 0 Å². The van der Waals surface area contributed by atoms with Crippen molar-refractivity contribution in [3.8, 4) is 0 Å². The fourth-order valence-electron chi connectivity index (χ4n) is 13.6. The van der Waals surface area contributed by atoms with E-state index in [2.05, 4.69) is 19.9 Å². The first-order valence-corrected chi connectivity index (χ1v) is 25.8. The average Bonchev–Trinajstić information content (AvgIpc) is 3.64. The molecule has 7 fully saturated rings. The second kappa shape index (κ2) is 22.9. The third kappa shape index (κ3) is 10.9. The van der Waals surface area contributed by atoms with Crippen LogP contribution in [0.15, 0.2) is 11.6 Å². The lowest BCUT2D eigenvalue weighted by atomic mass is 9.47. The van der Waals surface area contributed by atoms with Crippen LogP contribution < -0.4 is 0 Å². The van der Waals surface area contributed by atoms with E-state index in [9.17, 15) is 81.1 Å². The minimum absolute atomic E-state index is 0.0255. The summed E-state index contributed by atoms with van der Waals surface area (Å²) < 4.78 is 46.0. The number of carbonyl (C=O) groups excluding carboxylic acids is 2. The lowest BCUT2D eigenvalue weighted by Gasteiger charge is -2.58. The van der Waals surface area contributed by atoms with Crippen LogP contribution in [0.4, 0.5) is 0 Å². The van der Waals surface area contributed by atoms with E-state index in [0.717, 1.165) is 18.4 Å². The highest BCUT2D eigenvalue weighted by molar-refractivity contribution is 5.92. The summed E-state index contributed by atoms with van der Waals surface area (Å²) in [7, 11) is 0. The molecule has 24 nitrogen and oxygen atoms in total. The number of hydrogen-bond acceptors (Lipinski definition) is 24. The van der Waals surface area contributed by atoms with Gasteiger partial charge in [0.1, 0.15) is 97.0 Å². The van der Waals surface area contributed by atoms with Gasteiger partial charge in [-0.05, 0) is 79.4 Å². The lowest BCUT2D eigenvalue weighted by Crippen LogP contribution is -2.67. The number of allylic oxidation sites excluding steroid dienone is 1. The van der Waals surface area contributed by atoms with Crippen molar-refractivity contribution in [3.63, 3.8) is 0 Å². The Labute approximate surface area is 422 Å². The fraction of sp³-hybridized carbons (Fsp3) is 0.918. The first kappa shape index (κ1) is 57.4. The summed E-state index contributed by atoms with van der Waals surface area (Å²) in [5.41, 5.74) is 0.436. The number of Topliss-reactive ketones (excluding diaryl/α,β-unsaturated/α-hetero) is 2. The maximum Gasteiger partial charge on any atom is 0.189 e. The van der Waals surface area contributed by atoms with E-state index in [1.54, 1.807) is 0 Å². The minimum atomic E-state index is -2.03. The number of ketones is 2. The molecule has 24 heteroatoms. The van der Waals surface area contributed by atoms with Gasteiger partial charge in [-0.25, -0.2) is 0 Å². The van der Waals surface area contributed by atoms with Crippen LogP contribution in [-0.4, -0.2) is 232 Å². The van der Waals surface area contributed by atoms with Gasteiger partial charge in [-0.15, -0.1) is 0 Å². The zero-order valence-electron chi connectivity index (χ0n) is 41.5. The quantitative estimate of drug-likeness (QED) is 0.0654. The van der Waals surface area contributed by atoms with Crippen LogP contribution in [0.3, 0.4) is 0 Å². The van der Waals surface area contributed by atoms with Crippen molar-refractivity contribution < 1.29 is 119 Å². The van der Waals surface area contributed by atoms with Gasteiger partial charge < -0.3 is 109 Å². The molecule has 4 heterocycles. The number of hydrogen-bond donors (Lipinski definition) is 14. The molecule has 0 spiro atoms. The van der Waals surface area contributed by atoms with Gasteiger partial charge in [-0.2, -0.15) is 0 Å². The Morgan fingerprint density at radius 3 is 1.84 bits per heavy atom. The number of ether oxygens (including phenoxy) is 8. The van der Waals surface area contributed by atoms with E-state index in [4.69, 9.17) is 37.9 Å². The molecular weight excluding hydrogens is 973 g/mol. The molecule has 73 heavy (non-hydrogen) atoms. The molecule has 418 valence electrons. The topological polar surface area (TPSA) is 391 Å². The van der Waals surface area contributed by atoms with Crippen LogP contribution in [0.5, 0.6) is 0 Å². The summed E-state index contributed by atoms with van der Waals surface area (Å²) in [5, 5.41) is 145. The molecule has 14 N–H and O–H groups in total. The number of rotatable bonds is 16. The molecule has 4 aliphatic carbocycles. The SMILES string of the molecule is CC(CCC(=O)[C@@H](C)[C@H]1C(=O)C[C@H]2[C@@H]3CC=C4CC(O[C@@H]5OC(CO)[C@@H](O[C@@H]6OC(O)[C@H](O)C(O)[C@@H]6O)C(O)[C@@H]5O[C@@H]5OC(O)[C@H](O)C(O)[C@@H]5O)CC[C@]4(C)[C@H]3CC[C@]12C)CO[C@@H]1OC(CO)[C@@H](O)C(O)[C@@H]1O. The van der Waals surface area contributed by atoms with Crippen molar-refractivity contribution in [1.29, 1.82) is 0 Å². The van der Waals surface area contributed by atoms with Crippen LogP contribution in [0, 0.1) is 46.3 Å². The van der Waals surface area contributed by atoms with Crippen LogP contribution >= 0.6 is 0 Å². The number of aliphatic hydroxyl groups is 14. The standard InChI is InChI=1S/C49H78O24/c1-18(17-66-44-36(60)31(55)30(54)27(15-50)68-44)5-8-25(52)19(2)29-26(53)14-24-22-7-6-20-13-21(9-11-48(20,3)23(22)10-12-49(24,29)4)67-47-41(71-46-38(62)33(57)35(59)43(65)73-46)39(63)40(28(16-51)69-47)70-45-37(61)32(56)34(58)42(64)72-45/h6,18-19,21-24,27-47,50-51,54-65H,5,7-17H2,1-4H3/t18?,19-,21?,22-,23+,24+,27?,28?,29+,30-,31?,32?,33?,34-,35-,36+,37+,38+,39?,40-,41+,42?,43?,44-,45-,46-,47-,48+,49+/m1/s1. The summed E-state index contributed by atoms with van der Waals surface area (Å²) in [6, 6.07) is 0. The predicted octanol–water partition coefficient (Wildman–Crippen LogP) is -4.07. The Morgan fingerprint density at radius 1 is 0.644 bits per heavy atom. The van der Waals surface area contributed by atoms with E-state index >= 15 is 0 Å². The Morgan fingerprint density at radius 2 is 1.22 bits per heavy atom. The molecule has 10 unspecified atom stereocenters. The molecular formula is C49H78O24. The van der Waals surface area contributed by atoms with Crippen molar-refractivity contribution in [2.45, 2.75) is 215 Å². The van der Waals surface area contributed by atoms with Crippen molar-refractivity contribution >= 4 is 11.6 Å². The van der Waals surface area contributed by atoms with Gasteiger partial charge >= 0.3 is 0 Å². The van der Waals surface area contributed by atoms with Crippen molar-refractivity contribution in [1.82, 2.24) is 0 Å². The molecule has 8 rings (SSSR count). The summed E-state index contributed by atoms with van der Waals surface area (Å²) in [5.74, 6) is -0.653. The van der Waals surface area contributed by atoms with Crippen molar-refractivity contribution in [2.75, 3.05) is 19.8 Å². The van der Waals surface area contributed by atoms with Gasteiger partial charge in [0.2, 0.25) is 0 Å². The Hall–Kier alpha value is -1.80. The number of carbonyl (C=O) groups is 2. The second-order valence-corrected chi connectivity index (χ2v) is 22.5. The molecule has 0 aromatic carbocycles.